The van der Waals surface area contributed by atoms with E-state index in [1.165, 1.54) is 10.6 Å². The Morgan fingerprint density at radius 1 is 1.48 bits per heavy atom. The number of aryl methyl sites for hydroxylation is 1. The van der Waals surface area contributed by atoms with E-state index in [4.69, 9.17) is 0 Å². The third-order valence-corrected chi connectivity index (χ3v) is 4.95. The van der Waals surface area contributed by atoms with Crippen molar-refractivity contribution in [3.05, 3.63) is 40.1 Å². The number of hydrogen-bond donors (Lipinski definition) is 0. The van der Waals surface area contributed by atoms with Crippen molar-refractivity contribution in [2.75, 3.05) is 6.54 Å². The van der Waals surface area contributed by atoms with E-state index in [0.29, 0.717) is 19.0 Å². The van der Waals surface area contributed by atoms with E-state index in [0.717, 1.165) is 25.1 Å². The summed E-state index contributed by atoms with van der Waals surface area (Å²) < 4.78 is 2.19. The van der Waals surface area contributed by atoms with Crippen LogP contribution in [0.3, 0.4) is 0 Å². The van der Waals surface area contributed by atoms with E-state index in [9.17, 15) is 4.79 Å². The molecule has 2 aromatic heterocycles. The third kappa shape index (κ3) is 3.02. The van der Waals surface area contributed by atoms with Crippen LogP contribution in [0.4, 0.5) is 0 Å². The van der Waals surface area contributed by atoms with Crippen molar-refractivity contribution in [2.45, 2.75) is 45.7 Å². The molecule has 0 N–H and O–H groups in total. The van der Waals surface area contributed by atoms with Gasteiger partial charge in [-0.15, -0.1) is 11.3 Å². The zero-order valence-electron chi connectivity index (χ0n) is 12.6. The lowest BCUT2D eigenvalue weighted by atomic mass is 10.1. The fourth-order valence-corrected chi connectivity index (χ4v) is 3.52. The van der Waals surface area contributed by atoms with Crippen LogP contribution < -0.4 is 0 Å². The molecule has 3 rings (SSSR count). The molecule has 2 aromatic rings. The van der Waals surface area contributed by atoms with Gasteiger partial charge in [0.05, 0.1) is 24.3 Å². The maximum Gasteiger partial charge on any atom is 0.223 e. The molecule has 5 heteroatoms. The highest BCUT2D eigenvalue weighted by Gasteiger charge is 2.24. The van der Waals surface area contributed by atoms with Gasteiger partial charge in [0.1, 0.15) is 0 Å². The van der Waals surface area contributed by atoms with Crippen molar-refractivity contribution in [3.8, 4) is 0 Å². The molecule has 112 valence electrons. The molecule has 1 aliphatic rings. The first-order valence-electron chi connectivity index (χ1n) is 7.50. The maximum absolute atomic E-state index is 12.4. The Hall–Kier alpha value is -1.62. The highest BCUT2D eigenvalue weighted by atomic mass is 32.1. The second-order valence-electron chi connectivity index (χ2n) is 5.78. The molecule has 0 saturated carbocycles. The van der Waals surface area contributed by atoms with Crippen LogP contribution in [-0.2, 0) is 24.2 Å². The molecule has 0 spiro atoms. The highest BCUT2D eigenvalue weighted by Crippen LogP contribution is 2.22. The molecule has 0 atom stereocenters. The summed E-state index contributed by atoms with van der Waals surface area (Å²) in [6.45, 7) is 5.81. The summed E-state index contributed by atoms with van der Waals surface area (Å²) in [6, 6.07) is 4.53. The first kappa shape index (κ1) is 14.3. The zero-order valence-corrected chi connectivity index (χ0v) is 13.4. The van der Waals surface area contributed by atoms with Crippen molar-refractivity contribution in [1.29, 1.82) is 0 Å². The lowest BCUT2D eigenvalue weighted by Gasteiger charge is -2.28. The normalized spacial score (nSPS) is 14.5. The van der Waals surface area contributed by atoms with E-state index in [1.807, 2.05) is 17.3 Å². The molecule has 0 unspecified atom stereocenters. The SMILES string of the molecule is CC(C)n1cnc2c1CN(C(=O)CCc1cccs1)CC2. The average Bonchev–Trinajstić information content (AvgIpc) is 3.13. The molecule has 1 aliphatic heterocycles. The summed E-state index contributed by atoms with van der Waals surface area (Å²) >= 11 is 1.72. The molecular weight excluding hydrogens is 282 g/mol. The summed E-state index contributed by atoms with van der Waals surface area (Å²) in [6.07, 6.45) is 4.24. The molecule has 0 bridgehead atoms. The van der Waals surface area contributed by atoms with E-state index in [1.54, 1.807) is 11.3 Å². The number of imidazole rings is 1. The van der Waals surface area contributed by atoms with Gasteiger partial charge >= 0.3 is 0 Å². The fraction of sp³-hybridized carbons (Fsp3) is 0.500. The number of aromatic nitrogens is 2. The molecular formula is C16H21N3OS. The molecule has 0 radical (unpaired) electrons. The van der Waals surface area contributed by atoms with Crippen LogP contribution in [0.2, 0.25) is 0 Å². The Labute approximate surface area is 129 Å². The lowest BCUT2D eigenvalue weighted by Crippen LogP contribution is -2.37. The zero-order chi connectivity index (χ0) is 14.8. The van der Waals surface area contributed by atoms with Crippen molar-refractivity contribution >= 4 is 17.2 Å². The number of fused-ring (bicyclic) bond motifs is 1. The number of hydrogen-bond acceptors (Lipinski definition) is 3. The Morgan fingerprint density at radius 3 is 3.05 bits per heavy atom. The minimum absolute atomic E-state index is 0.255. The van der Waals surface area contributed by atoms with E-state index in [-0.39, 0.29) is 5.91 Å². The second-order valence-corrected chi connectivity index (χ2v) is 6.82. The molecule has 0 aromatic carbocycles. The van der Waals surface area contributed by atoms with E-state index < -0.39 is 0 Å². The molecule has 4 nitrogen and oxygen atoms in total. The lowest BCUT2D eigenvalue weighted by molar-refractivity contribution is -0.132. The average molecular weight is 303 g/mol. The van der Waals surface area contributed by atoms with Crippen LogP contribution >= 0.6 is 11.3 Å². The summed E-state index contributed by atoms with van der Waals surface area (Å²) in [5.74, 6) is 0.255. The van der Waals surface area contributed by atoms with Crippen LogP contribution in [0.1, 0.15) is 42.6 Å². The van der Waals surface area contributed by atoms with Crippen LogP contribution in [0.15, 0.2) is 23.8 Å². The predicted molar refractivity (Wildman–Crippen MR) is 84.4 cm³/mol. The van der Waals surface area contributed by atoms with Crippen molar-refractivity contribution in [2.24, 2.45) is 0 Å². The van der Waals surface area contributed by atoms with Crippen LogP contribution in [-0.4, -0.2) is 26.9 Å². The first-order chi connectivity index (χ1) is 10.1. The second kappa shape index (κ2) is 6.02. The van der Waals surface area contributed by atoms with Crippen LogP contribution in [0, 0.1) is 0 Å². The Kier molecular flexibility index (Phi) is 4.10. The van der Waals surface area contributed by atoms with Gasteiger partial charge in [0.15, 0.2) is 0 Å². The van der Waals surface area contributed by atoms with Crippen molar-refractivity contribution in [3.63, 3.8) is 0 Å². The smallest absolute Gasteiger partial charge is 0.223 e. The number of rotatable bonds is 4. The van der Waals surface area contributed by atoms with Crippen LogP contribution in [0.5, 0.6) is 0 Å². The van der Waals surface area contributed by atoms with E-state index >= 15 is 0 Å². The Morgan fingerprint density at radius 2 is 2.33 bits per heavy atom. The van der Waals surface area contributed by atoms with Gasteiger partial charge in [0.2, 0.25) is 5.91 Å². The Balaban J connectivity index is 1.65. The van der Waals surface area contributed by atoms with Gasteiger partial charge in [0.25, 0.3) is 0 Å². The highest BCUT2D eigenvalue weighted by molar-refractivity contribution is 7.09. The number of thiophene rings is 1. The summed E-state index contributed by atoms with van der Waals surface area (Å²) in [5, 5.41) is 2.06. The number of carbonyl (C=O) groups excluding carboxylic acids is 1. The minimum Gasteiger partial charge on any atom is -0.336 e. The third-order valence-electron chi connectivity index (χ3n) is 4.02. The van der Waals surface area contributed by atoms with E-state index in [2.05, 4.69) is 34.8 Å². The van der Waals surface area contributed by atoms with Crippen molar-refractivity contribution in [1.82, 2.24) is 14.5 Å². The monoisotopic (exact) mass is 303 g/mol. The standard InChI is InChI=1S/C16H21N3OS/c1-12(2)19-11-17-14-7-8-18(10-15(14)19)16(20)6-5-13-4-3-9-21-13/h3-4,9,11-12H,5-8,10H2,1-2H3. The molecule has 3 heterocycles. The van der Waals surface area contributed by atoms with Gasteiger partial charge in [0, 0.05) is 30.3 Å². The summed E-state index contributed by atoms with van der Waals surface area (Å²) in [7, 11) is 0. The quantitative estimate of drug-likeness (QED) is 0.870. The molecule has 21 heavy (non-hydrogen) atoms. The fourth-order valence-electron chi connectivity index (χ4n) is 2.81. The number of nitrogens with zero attached hydrogens (tertiary/aromatic N) is 3. The summed E-state index contributed by atoms with van der Waals surface area (Å²) in [4.78, 5) is 20.2. The van der Waals surface area contributed by atoms with Gasteiger partial charge in [-0.05, 0) is 31.7 Å². The molecule has 0 saturated heterocycles. The molecule has 0 aliphatic carbocycles. The number of amides is 1. The van der Waals surface area contributed by atoms with Gasteiger partial charge in [-0.3, -0.25) is 4.79 Å². The topological polar surface area (TPSA) is 38.1 Å². The van der Waals surface area contributed by atoms with Crippen LogP contribution in [0.25, 0.3) is 0 Å². The van der Waals surface area contributed by atoms with Crippen molar-refractivity contribution < 1.29 is 4.79 Å². The molecule has 1 amide bonds. The predicted octanol–water partition coefficient (Wildman–Crippen LogP) is 3.04. The van der Waals surface area contributed by atoms with Gasteiger partial charge < -0.3 is 9.47 Å². The van der Waals surface area contributed by atoms with Gasteiger partial charge in [-0.2, -0.15) is 0 Å². The molecule has 0 fully saturated rings. The number of carbonyl (C=O) groups is 1. The minimum atomic E-state index is 0.255. The largest absolute Gasteiger partial charge is 0.336 e. The van der Waals surface area contributed by atoms with Gasteiger partial charge in [-0.25, -0.2) is 4.98 Å². The maximum atomic E-state index is 12.4. The Bertz CT molecular complexity index is 616. The first-order valence-corrected chi connectivity index (χ1v) is 8.38. The van der Waals surface area contributed by atoms with Gasteiger partial charge in [-0.1, -0.05) is 6.07 Å². The summed E-state index contributed by atoms with van der Waals surface area (Å²) in [5.41, 5.74) is 2.37.